The van der Waals surface area contributed by atoms with E-state index >= 15 is 0 Å². The van der Waals surface area contributed by atoms with Crippen LogP contribution in [-0.2, 0) is 0 Å². The summed E-state index contributed by atoms with van der Waals surface area (Å²) in [6.07, 6.45) is 0. The molecule has 2 unspecified atom stereocenters. The van der Waals surface area contributed by atoms with Crippen LogP contribution in [0.2, 0.25) is 0 Å². The molecule has 0 bridgehead atoms. The van der Waals surface area contributed by atoms with Crippen LogP contribution < -0.4 is 24.8 Å². The Bertz CT molecular complexity index is 709. The summed E-state index contributed by atoms with van der Waals surface area (Å²) in [5.41, 5.74) is 1.89. The van der Waals surface area contributed by atoms with Gasteiger partial charge in [-0.3, -0.25) is 0 Å². The second-order valence-electron chi connectivity index (χ2n) is 5.93. The number of hydrogen-bond donors (Lipinski definition) is 2. The number of urea groups is 1. The Kier molecular flexibility index (Phi) is 6.72. The average molecular weight is 358 g/mol. The van der Waals surface area contributed by atoms with E-state index < -0.39 is 0 Å². The number of carbonyl (C=O) groups excluding carboxylic acids is 1. The van der Waals surface area contributed by atoms with Crippen molar-refractivity contribution < 1.29 is 19.0 Å². The number of benzene rings is 2. The Morgan fingerprint density at radius 3 is 1.77 bits per heavy atom. The van der Waals surface area contributed by atoms with Crippen molar-refractivity contribution in [3.8, 4) is 17.2 Å². The van der Waals surface area contributed by atoms with Crippen LogP contribution >= 0.6 is 0 Å². The minimum absolute atomic E-state index is 0.0941. The third kappa shape index (κ3) is 4.59. The molecule has 2 atom stereocenters. The molecule has 0 aliphatic rings. The topological polar surface area (TPSA) is 68.8 Å². The molecule has 0 saturated heterocycles. The summed E-state index contributed by atoms with van der Waals surface area (Å²) in [5.74, 6) is 1.62. The first kappa shape index (κ1) is 19.4. The van der Waals surface area contributed by atoms with Crippen LogP contribution in [0.25, 0.3) is 0 Å². The quantitative estimate of drug-likeness (QED) is 0.789. The minimum atomic E-state index is -0.248. The second-order valence-corrected chi connectivity index (χ2v) is 5.93. The summed E-state index contributed by atoms with van der Waals surface area (Å²) in [4.78, 5) is 12.3. The maximum atomic E-state index is 12.3. The number of carbonyl (C=O) groups is 1. The van der Waals surface area contributed by atoms with Crippen molar-refractivity contribution in [2.24, 2.45) is 0 Å². The molecular formula is C20H26N2O4. The van der Waals surface area contributed by atoms with Crippen LogP contribution in [0.5, 0.6) is 17.2 Å². The van der Waals surface area contributed by atoms with Crippen LogP contribution in [0.3, 0.4) is 0 Å². The summed E-state index contributed by atoms with van der Waals surface area (Å²) in [6, 6.07) is 12.9. The van der Waals surface area contributed by atoms with Gasteiger partial charge in [-0.1, -0.05) is 30.3 Å². The first-order chi connectivity index (χ1) is 12.5. The van der Waals surface area contributed by atoms with E-state index in [9.17, 15) is 4.79 Å². The lowest BCUT2D eigenvalue weighted by Crippen LogP contribution is -2.38. The van der Waals surface area contributed by atoms with Gasteiger partial charge in [0.25, 0.3) is 0 Å². The molecule has 0 aliphatic carbocycles. The van der Waals surface area contributed by atoms with Gasteiger partial charge < -0.3 is 24.8 Å². The Hall–Kier alpha value is -2.89. The maximum Gasteiger partial charge on any atom is 0.315 e. The van der Waals surface area contributed by atoms with Gasteiger partial charge in [0.1, 0.15) is 0 Å². The maximum absolute atomic E-state index is 12.3. The molecule has 26 heavy (non-hydrogen) atoms. The van der Waals surface area contributed by atoms with Crippen molar-refractivity contribution in [2.45, 2.75) is 25.9 Å². The zero-order valence-electron chi connectivity index (χ0n) is 15.8. The molecule has 2 N–H and O–H groups in total. The Morgan fingerprint density at radius 1 is 0.808 bits per heavy atom. The van der Waals surface area contributed by atoms with Gasteiger partial charge in [-0.2, -0.15) is 0 Å². The van der Waals surface area contributed by atoms with E-state index in [2.05, 4.69) is 10.6 Å². The molecule has 0 fully saturated rings. The smallest absolute Gasteiger partial charge is 0.315 e. The van der Waals surface area contributed by atoms with Gasteiger partial charge in [-0.15, -0.1) is 0 Å². The highest BCUT2D eigenvalue weighted by Gasteiger charge is 2.18. The predicted octanol–water partition coefficient (Wildman–Crippen LogP) is 3.83. The zero-order valence-corrected chi connectivity index (χ0v) is 15.8. The third-order valence-corrected chi connectivity index (χ3v) is 4.18. The standard InChI is InChI=1S/C20H26N2O4/c1-13(15-9-7-6-8-10-15)21-20(23)22-14(2)16-11-17(24-3)19(26-5)18(12-16)25-4/h6-14H,1-5H3,(H2,21,22,23). The SMILES string of the molecule is COc1cc(C(C)NC(=O)NC(C)c2ccccc2)cc(OC)c1OC. The highest BCUT2D eigenvalue weighted by Crippen LogP contribution is 2.39. The minimum Gasteiger partial charge on any atom is -0.493 e. The predicted molar refractivity (Wildman–Crippen MR) is 101 cm³/mol. The highest BCUT2D eigenvalue weighted by molar-refractivity contribution is 5.75. The molecule has 6 heteroatoms. The van der Waals surface area contributed by atoms with Gasteiger partial charge in [0.2, 0.25) is 5.75 Å². The van der Waals surface area contributed by atoms with Gasteiger partial charge in [0, 0.05) is 0 Å². The Labute approximate surface area is 154 Å². The molecule has 0 radical (unpaired) electrons. The first-order valence-electron chi connectivity index (χ1n) is 8.42. The van der Waals surface area contributed by atoms with E-state index in [-0.39, 0.29) is 18.1 Å². The molecule has 2 rings (SSSR count). The normalized spacial score (nSPS) is 12.7. The average Bonchev–Trinajstić information content (AvgIpc) is 2.67. The van der Waals surface area contributed by atoms with Crippen molar-refractivity contribution in [3.05, 3.63) is 53.6 Å². The van der Waals surface area contributed by atoms with E-state index in [0.29, 0.717) is 17.2 Å². The van der Waals surface area contributed by atoms with Crippen LogP contribution in [0.1, 0.15) is 37.1 Å². The summed E-state index contributed by atoms with van der Waals surface area (Å²) in [7, 11) is 4.68. The molecule has 2 amide bonds. The number of amides is 2. The summed E-state index contributed by atoms with van der Waals surface area (Å²) in [5, 5.41) is 5.87. The lowest BCUT2D eigenvalue weighted by molar-refractivity contribution is 0.235. The van der Waals surface area contributed by atoms with Crippen molar-refractivity contribution in [1.82, 2.24) is 10.6 Å². The summed E-state index contributed by atoms with van der Waals surface area (Å²) in [6.45, 7) is 3.84. The monoisotopic (exact) mass is 358 g/mol. The molecule has 0 spiro atoms. The van der Waals surface area contributed by atoms with E-state index in [1.54, 1.807) is 21.3 Å². The fourth-order valence-corrected chi connectivity index (χ4v) is 2.69. The fourth-order valence-electron chi connectivity index (χ4n) is 2.69. The van der Waals surface area contributed by atoms with Crippen LogP contribution in [-0.4, -0.2) is 27.4 Å². The van der Waals surface area contributed by atoms with Gasteiger partial charge >= 0.3 is 6.03 Å². The highest BCUT2D eigenvalue weighted by atomic mass is 16.5. The molecule has 0 aromatic heterocycles. The number of hydrogen-bond acceptors (Lipinski definition) is 4. The third-order valence-electron chi connectivity index (χ3n) is 4.18. The number of rotatable bonds is 7. The number of ether oxygens (including phenoxy) is 3. The van der Waals surface area contributed by atoms with Gasteiger partial charge in [-0.25, -0.2) is 4.79 Å². The van der Waals surface area contributed by atoms with Gasteiger partial charge in [-0.05, 0) is 37.1 Å². The zero-order chi connectivity index (χ0) is 19.1. The van der Waals surface area contributed by atoms with Crippen LogP contribution in [0.15, 0.2) is 42.5 Å². The molecule has 0 aliphatic heterocycles. The number of nitrogens with one attached hydrogen (secondary N) is 2. The largest absolute Gasteiger partial charge is 0.493 e. The van der Waals surface area contributed by atoms with E-state index in [1.165, 1.54) is 0 Å². The first-order valence-corrected chi connectivity index (χ1v) is 8.42. The molecule has 2 aromatic carbocycles. The summed E-state index contributed by atoms with van der Waals surface area (Å²) < 4.78 is 16.1. The van der Waals surface area contributed by atoms with Crippen molar-refractivity contribution in [3.63, 3.8) is 0 Å². The molecule has 6 nitrogen and oxygen atoms in total. The molecule has 0 saturated carbocycles. The van der Waals surface area contributed by atoms with E-state index in [0.717, 1.165) is 11.1 Å². The second kappa shape index (κ2) is 8.99. The van der Waals surface area contributed by atoms with Crippen LogP contribution in [0, 0.1) is 0 Å². The Balaban J connectivity index is 2.09. The van der Waals surface area contributed by atoms with Crippen molar-refractivity contribution in [2.75, 3.05) is 21.3 Å². The van der Waals surface area contributed by atoms with Crippen LogP contribution in [0.4, 0.5) is 4.79 Å². The Morgan fingerprint density at radius 2 is 1.31 bits per heavy atom. The van der Waals surface area contributed by atoms with Gasteiger partial charge in [0.15, 0.2) is 11.5 Å². The molecule has 2 aromatic rings. The lowest BCUT2D eigenvalue weighted by atomic mass is 10.1. The molecular weight excluding hydrogens is 332 g/mol. The lowest BCUT2D eigenvalue weighted by Gasteiger charge is -2.20. The van der Waals surface area contributed by atoms with E-state index in [4.69, 9.17) is 14.2 Å². The van der Waals surface area contributed by atoms with Crippen molar-refractivity contribution >= 4 is 6.03 Å². The van der Waals surface area contributed by atoms with Crippen molar-refractivity contribution in [1.29, 1.82) is 0 Å². The fraction of sp³-hybridized carbons (Fsp3) is 0.350. The van der Waals surface area contributed by atoms with E-state index in [1.807, 2.05) is 56.3 Å². The number of methoxy groups -OCH3 is 3. The molecule has 0 heterocycles. The molecule has 140 valence electrons. The summed E-state index contributed by atoms with van der Waals surface area (Å²) >= 11 is 0. The van der Waals surface area contributed by atoms with Gasteiger partial charge in [0.05, 0.1) is 33.4 Å².